The van der Waals surface area contributed by atoms with Gasteiger partial charge in [0, 0.05) is 32.0 Å². The first kappa shape index (κ1) is 32.0. The van der Waals surface area contributed by atoms with Crippen LogP contribution in [0.25, 0.3) is 0 Å². The number of benzene rings is 3. The number of hydroxylamine groups is 2. The number of alkyl carbamates (subject to hydrolysis) is 1. The first-order valence-electron chi connectivity index (χ1n) is 15.1. The summed E-state index contributed by atoms with van der Waals surface area (Å²) in [7, 11) is 0. The Kier molecular flexibility index (Phi) is 9.50. The van der Waals surface area contributed by atoms with Crippen LogP contribution in [0.15, 0.2) is 104 Å². The second kappa shape index (κ2) is 13.7. The van der Waals surface area contributed by atoms with Crippen molar-refractivity contribution in [2.75, 3.05) is 6.54 Å². The molecular formula is C35H37N5O6. The zero-order chi connectivity index (χ0) is 32.7. The van der Waals surface area contributed by atoms with Crippen LogP contribution in [0.2, 0.25) is 0 Å². The summed E-state index contributed by atoms with van der Waals surface area (Å²) < 4.78 is 7.52. The van der Waals surface area contributed by atoms with Crippen molar-refractivity contribution in [2.45, 2.75) is 57.2 Å². The molecule has 1 fully saturated rings. The molecule has 0 aliphatic carbocycles. The van der Waals surface area contributed by atoms with Crippen LogP contribution in [0.1, 0.15) is 56.0 Å². The van der Waals surface area contributed by atoms with E-state index < -0.39 is 41.2 Å². The molecule has 0 radical (unpaired) electrons. The number of nitrogens with one attached hydrogen (secondary N) is 2. The number of rotatable bonds is 10. The summed E-state index contributed by atoms with van der Waals surface area (Å²) in [4.78, 5) is 58.8. The number of ether oxygens (including phenoxy) is 1. The van der Waals surface area contributed by atoms with Crippen molar-refractivity contribution >= 4 is 24.0 Å². The molecule has 46 heavy (non-hydrogen) atoms. The number of imidazole rings is 1. The highest BCUT2D eigenvalue weighted by molar-refractivity contribution is 6.01. The summed E-state index contributed by atoms with van der Waals surface area (Å²) >= 11 is 0. The van der Waals surface area contributed by atoms with Gasteiger partial charge in [0.15, 0.2) is 0 Å². The zero-order valence-corrected chi connectivity index (χ0v) is 26.0. The third kappa shape index (κ3) is 7.26. The molecule has 1 aliphatic heterocycles. The van der Waals surface area contributed by atoms with E-state index in [9.17, 15) is 19.2 Å². The van der Waals surface area contributed by atoms with Crippen molar-refractivity contribution in [3.63, 3.8) is 0 Å². The molecule has 0 unspecified atom stereocenters. The highest BCUT2D eigenvalue weighted by atomic mass is 16.7. The van der Waals surface area contributed by atoms with E-state index in [0.717, 1.165) is 16.7 Å². The maximum atomic E-state index is 12.8. The number of imide groups is 1. The Morgan fingerprint density at radius 2 is 1.30 bits per heavy atom. The number of aromatic nitrogens is 2. The van der Waals surface area contributed by atoms with Gasteiger partial charge in [-0.25, -0.2) is 14.6 Å². The van der Waals surface area contributed by atoms with E-state index in [4.69, 9.17) is 14.6 Å². The maximum absolute atomic E-state index is 12.8. The molecule has 2 heterocycles. The topological polar surface area (TPSA) is 132 Å². The number of carbonyl (C=O) groups excluding carboxylic acids is 4. The lowest BCUT2D eigenvalue weighted by Crippen LogP contribution is -2.47. The van der Waals surface area contributed by atoms with E-state index >= 15 is 0 Å². The van der Waals surface area contributed by atoms with Crippen LogP contribution in [0.5, 0.6) is 0 Å². The van der Waals surface area contributed by atoms with Crippen LogP contribution in [0.3, 0.4) is 0 Å². The van der Waals surface area contributed by atoms with Gasteiger partial charge in [0.05, 0.1) is 18.1 Å². The average molecular weight is 624 g/mol. The number of carbonyl (C=O) groups is 4. The van der Waals surface area contributed by atoms with Crippen molar-refractivity contribution in [3.05, 3.63) is 126 Å². The molecule has 5 rings (SSSR count). The molecule has 1 aliphatic rings. The lowest BCUT2D eigenvalue weighted by atomic mass is 9.77. The van der Waals surface area contributed by atoms with E-state index in [-0.39, 0.29) is 25.8 Å². The normalized spacial score (nSPS) is 14.1. The quantitative estimate of drug-likeness (QED) is 0.189. The summed E-state index contributed by atoms with van der Waals surface area (Å²) in [6.45, 7) is 5.15. The molecule has 1 aromatic heterocycles. The Balaban J connectivity index is 1.46. The molecule has 2 N–H and O–H groups in total. The van der Waals surface area contributed by atoms with Gasteiger partial charge >= 0.3 is 12.2 Å². The highest BCUT2D eigenvalue weighted by Crippen LogP contribution is 2.40. The molecule has 0 bridgehead atoms. The van der Waals surface area contributed by atoms with E-state index in [0.29, 0.717) is 10.8 Å². The Morgan fingerprint density at radius 3 is 1.78 bits per heavy atom. The SMILES string of the molecule is CC(C)(C)OC(=O)N[C@H](CNC(=O)ON1C(=O)CCC1=O)Cc1cn(C(c2ccccc2)(c2ccccc2)c2ccccc2)cn1. The Hall–Kier alpha value is -5.45. The Bertz CT molecular complexity index is 1560. The molecular weight excluding hydrogens is 586 g/mol. The molecule has 1 saturated heterocycles. The highest BCUT2D eigenvalue weighted by Gasteiger charge is 2.38. The fourth-order valence-corrected chi connectivity index (χ4v) is 5.52. The molecule has 4 aromatic rings. The van der Waals surface area contributed by atoms with Gasteiger partial charge in [-0.15, -0.1) is 5.06 Å². The third-order valence-corrected chi connectivity index (χ3v) is 7.45. The van der Waals surface area contributed by atoms with Crippen LogP contribution >= 0.6 is 0 Å². The van der Waals surface area contributed by atoms with Crippen molar-refractivity contribution in [1.29, 1.82) is 0 Å². The number of hydrogen-bond donors (Lipinski definition) is 2. The predicted molar refractivity (Wildman–Crippen MR) is 169 cm³/mol. The van der Waals surface area contributed by atoms with Gasteiger partial charge in [-0.1, -0.05) is 91.0 Å². The first-order valence-corrected chi connectivity index (χ1v) is 15.1. The smallest absolute Gasteiger partial charge is 0.432 e. The summed E-state index contributed by atoms with van der Waals surface area (Å²) in [6, 6.07) is 29.7. The minimum Gasteiger partial charge on any atom is -0.444 e. The Labute approximate surface area is 267 Å². The van der Waals surface area contributed by atoms with Crippen molar-refractivity contribution < 1.29 is 28.8 Å². The van der Waals surface area contributed by atoms with Gasteiger partial charge in [-0.05, 0) is 37.5 Å². The second-order valence-corrected chi connectivity index (χ2v) is 12.0. The number of amides is 4. The van der Waals surface area contributed by atoms with Crippen LogP contribution in [0, 0.1) is 0 Å². The standard InChI is InChI=1S/C35H37N5O6/c1-34(2,3)45-33(44)38-28(22-36-32(43)46-40-30(41)19-20-31(40)42)21-29-23-39(24-37-29)35(25-13-7-4-8-14-25,26-15-9-5-10-16-26)27-17-11-6-12-18-27/h4-18,23-24,28H,19-22H2,1-3H3,(H,36,43)(H,38,44)/t28-/m0/s1. The van der Waals surface area contributed by atoms with Crippen LogP contribution in [0.4, 0.5) is 9.59 Å². The fourth-order valence-electron chi connectivity index (χ4n) is 5.52. The van der Waals surface area contributed by atoms with E-state index in [1.54, 1.807) is 27.1 Å². The molecule has 3 aromatic carbocycles. The average Bonchev–Trinajstić information content (AvgIpc) is 3.63. The van der Waals surface area contributed by atoms with Crippen LogP contribution in [-0.4, -0.2) is 56.8 Å². The summed E-state index contributed by atoms with van der Waals surface area (Å²) in [5.74, 6) is -1.18. The summed E-state index contributed by atoms with van der Waals surface area (Å²) in [5, 5.41) is 5.81. The van der Waals surface area contributed by atoms with Crippen molar-refractivity contribution in [2.24, 2.45) is 0 Å². The molecule has 4 amide bonds. The van der Waals surface area contributed by atoms with Gasteiger partial charge in [0.25, 0.3) is 11.8 Å². The lowest BCUT2D eigenvalue weighted by molar-refractivity contribution is -0.171. The predicted octanol–water partition coefficient (Wildman–Crippen LogP) is 4.95. The zero-order valence-electron chi connectivity index (χ0n) is 26.0. The number of hydrogen-bond acceptors (Lipinski definition) is 7. The third-order valence-electron chi connectivity index (χ3n) is 7.45. The monoisotopic (exact) mass is 623 g/mol. The van der Waals surface area contributed by atoms with E-state index in [2.05, 4.69) is 51.6 Å². The van der Waals surface area contributed by atoms with E-state index in [1.165, 1.54) is 0 Å². The van der Waals surface area contributed by atoms with Gasteiger partial charge in [0.1, 0.15) is 11.1 Å². The maximum Gasteiger partial charge on any atom is 0.432 e. The molecule has 1 atom stereocenters. The number of nitrogens with zero attached hydrogens (tertiary/aromatic N) is 3. The van der Waals surface area contributed by atoms with Crippen LogP contribution < -0.4 is 10.6 Å². The summed E-state index contributed by atoms with van der Waals surface area (Å²) in [6.07, 6.45) is 2.19. The van der Waals surface area contributed by atoms with Gasteiger partial charge < -0.3 is 24.8 Å². The molecule has 11 nitrogen and oxygen atoms in total. The van der Waals surface area contributed by atoms with Gasteiger partial charge in [-0.3, -0.25) is 9.59 Å². The van der Waals surface area contributed by atoms with Crippen molar-refractivity contribution in [3.8, 4) is 0 Å². The minimum absolute atomic E-state index is 0.0198. The van der Waals surface area contributed by atoms with Crippen LogP contribution in [-0.2, 0) is 31.1 Å². The van der Waals surface area contributed by atoms with Gasteiger partial charge in [-0.2, -0.15) is 0 Å². The van der Waals surface area contributed by atoms with Crippen molar-refractivity contribution in [1.82, 2.24) is 25.2 Å². The molecule has 11 heteroatoms. The summed E-state index contributed by atoms with van der Waals surface area (Å²) in [5.41, 5.74) is 2.17. The second-order valence-electron chi connectivity index (χ2n) is 12.0. The molecule has 0 saturated carbocycles. The van der Waals surface area contributed by atoms with Gasteiger partial charge in [0.2, 0.25) is 0 Å². The van der Waals surface area contributed by atoms with E-state index in [1.807, 2.05) is 60.8 Å². The minimum atomic E-state index is -0.999. The molecule has 0 spiro atoms. The first-order chi connectivity index (χ1) is 22.1. The lowest BCUT2D eigenvalue weighted by Gasteiger charge is -2.37. The fraction of sp³-hybridized carbons (Fsp3) is 0.286. The largest absolute Gasteiger partial charge is 0.444 e. The molecule has 238 valence electrons. The Morgan fingerprint density at radius 1 is 0.804 bits per heavy atom.